The largest absolute Gasteiger partial charge is 0.504 e. The number of hydrogen-bond acceptors (Lipinski definition) is 4. The fourth-order valence-electron chi connectivity index (χ4n) is 3.72. The van der Waals surface area contributed by atoms with Crippen LogP contribution in [0.15, 0.2) is 36.4 Å². The van der Waals surface area contributed by atoms with Crippen molar-refractivity contribution in [2.75, 3.05) is 7.11 Å². The molecule has 0 saturated heterocycles. The molecule has 0 aliphatic heterocycles. The quantitative estimate of drug-likeness (QED) is 0.657. The predicted molar refractivity (Wildman–Crippen MR) is 109 cm³/mol. The van der Waals surface area contributed by atoms with Gasteiger partial charge in [0.15, 0.2) is 17.6 Å². The molecule has 28 heavy (non-hydrogen) atoms. The molecule has 3 atom stereocenters. The van der Waals surface area contributed by atoms with Crippen LogP contribution in [0, 0.1) is 0 Å². The van der Waals surface area contributed by atoms with Gasteiger partial charge in [-0.3, -0.25) is 4.79 Å². The van der Waals surface area contributed by atoms with Crippen LogP contribution in [-0.4, -0.2) is 29.3 Å². The average molecular weight is 424 g/mol. The van der Waals surface area contributed by atoms with Crippen LogP contribution >= 0.6 is 23.2 Å². The highest BCUT2D eigenvalue weighted by Crippen LogP contribution is 2.37. The lowest BCUT2D eigenvalue weighted by Crippen LogP contribution is -2.43. The monoisotopic (exact) mass is 423 g/mol. The Morgan fingerprint density at radius 1 is 1.14 bits per heavy atom. The number of nitrogens with one attached hydrogen (secondary N) is 1. The number of hydrogen-bond donors (Lipinski definition) is 3. The van der Waals surface area contributed by atoms with E-state index in [1.54, 1.807) is 24.3 Å². The van der Waals surface area contributed by atoms with Crippen molar-refractivity contribution in [2.45, 2.75) is 43.7 Å². The Morgan fingerprint density at radius 3 is 2.61 bits per heavy atom. The summed E-state index contributed by atoms with van der Waals surface area (Å²) in [6, 6.07) is 9.78. The van der Waals surface area contributed by atoms with Crippen molar-refractivity contribution < 1.29 is 19.7 Å². The Labute approximate surface area is 174 Å². The summed E-state index contributed by atoms with van der Waals surface area (Å²) in [5.74, 6) is 0.0934. The molecule has 1 saturated carbocycles. The maximum Gasteiger partial charge on any atom is 0.253 e. The number of phenols is 1. The standard InChI is InChI=1S/C21H23Cl2NO4/c1-28-19-11-12(7-9-18(19)25)14-4-2-3-5-17(14)24-21(27)20(26)13-6-8-15(22)16(23)10-13/h6-11,14,17,20,25-26H,2-5H2,1H3,(H,24,27)/t14-,17+,20?/m1/s1. The molecule has 5 nitrogen and oxygen atoms in total. The van der Waals surface area contributed by atoms with E-state index in [0.717, 1.165) is 31.2 Å². The molecule has 1 aliphatic carbocycles. The highest BCUT2D eigenvalue weighted by molar-refractivity contribution is 6.42. The first-order valence-corrected chi connectivity index (χ1v) is 9.96. The Kier molecular flexibility index (Phi) is 6.70. The van der Waals surface area contributed by atoms with Gasteiger partial charge in [-0.05, 0) is 48.2 Å². The van der Waals surface area contributed by atoms with Crippen LogP contribution in [0.2, 0.25) is 10.0 Å². The van der Waals surface area contributed by atoms with Gasteiger partial charge in [0.1, 0.15) is 0 Å². The van der Waals surface area contributed by atoms with E-state index in [0.29, 0.717) is 16.3 Å². The number of carbonyl (C=O) groups is 1. The summed E-state index contributed by atoms with van der Waals surface area (Å²) in [5, 5.41) is 23.9. The molecule has 2 aromatic rings. The van der Waals surface area contributed by atoms with Gasteiger partial charge in [-0.15, -0.1) is 0 Å². The average Bonchev–Trinajstić information content (AvgIpc) is 2.70. The number of benzene rings is 2. The van der Waals surface area contributed by atoms with Crippen LogP contribution in [0.25, 0.3) is 0 Å². The molecule has 2 aromatic carbocycles. The Morgan fingerprint density at radius 2 is 1.89 bits per heavy atom. The predicted octanol–water partition coefficient (Wildman–Crippen LogP) is 4.58. The Balaban J connectivity index is 1.76. The third-order valence-corrected chi connectivity index (χ3v) is 5.97. The molecule has 0 radical (unpaired) electrons. The Hall–Kier alpha value is -1.95. The van der Waals surface area contributed by atoms with Crippen LogP contribution in [0.1, 0.15) is 48.8 Å². The van der Waals surface area contributed by atoms with Crippen molar-refractivity contribution in [3.05, 3.63) is 57.6 Å². The zero-order valence-electron chi connectivity index (χ0n) is 15.5. The number of rotatable bonds is 5. The smallest absolute Gasteiger partial charge is 0.253 e. The molecular weight excluding hydrogens is 401 g/mol. The maximum atomic E-state index is 12.7. The van der Waals surface area contributed by atoms with Gasteiger partial charge in [-0.25, -0.2) is 0 Å². The minimum Gasteiger partial charge on any atom is -0.504 e. The summed E-state index contributed by atoms with van der Waals surface area (Å²) >= 11 is 11.9. The van der Waals surface area contributed by atoms with E-state index < -0.39 is 12.0 Å². The van der Waals surface area contributed by atoms with Crippen molar-refractivity contribution in [3.8, 4) is 11.5 Å². The van der Waals surface area contributed by atoms with Crippen molar-refractivity contribution >= 4 is 29.1 Å². The van der Waals surface area contributed by atoms with E-state index >= 15 is 0 Å². The van der Waals surface area contributed by atoms with Gasteiger partial charge < -0.3 is 20.3 Å². The molecule has 0 spiro atoms. The van der Waals surface area contributed by atoms with Crippen LogP contribution in [-0.2, 0) is 4.79 Å². The van der Waals surface area contributed by atoms with Crippen LogP contribution in [0.5, 0.6) is 11.5 Å². The lowest BCUT2D eigenvalue weighted by Gasteiger charge is -2.33. The summed E-state index contributed by atoms with van der Waals surface area (Å²) in [6.07, 6.45) is 2.44. The first-order valence-electron chi connectivity index (χ1n) is 9.21. The number of aliphatic hydroxyl groups excluding tert-OH is 1. The van der Waals surface area contributed by atoms with Crippen LogP contribution in [0.4, 0.5) is 0 Å². The minimum absolute atomic E-state index is 0.0770. The molecule has 0 bridgehead atoms. The number of ether oxygens (including phenoxy) is 1. The normalized spacial score (nSPS) is 20.4. The van der Waals surface area contributed by atoms with E-state index in [4.69, 9.17) is 27.9 Å². The van der Waals surface area contributed by atoms with Crippen LogP contribution < -0.4 is 10.1 Å². The fourth-order valence-corrected chi connectivity index (χ4v) is 4.03. The maximum absolute atomic E-state index is 12.7. The molecule has 7 heteroatoms. The van der Waals surface area contributed by atoms with Gasteiger partial charge in [-0.2, -0.15) is 0 Å². The second-order valence-electron chi connectivity index (χ2n) is 7.01. The number of phenolic OH excluding ortho intramolecular Hbond substituents is 1. The van der Waals surface area contributed by atoms with Gasteiger partial charge >= 0.3 is 0 Å². The van der Waals surface area contributed by atoms with E-state index in [9.17, 15) is 15.0 Å². The number of halogens is 2. The van der Waals surface area contributed by atoms with E-state index in [2.05, 4.69) is 5.32 Å². The van der Waals surface area contributed by atoms with Crippen molar-refractivity contribution in [1.82, 2.24) is 5.32 Å². The second-order valence-corrected chi connectivity index (χ2v) is 7.83. The van der Waals surface area contributed by atoms with Crippen molar-refractivity contribution in [3.63, 3.8) is 0 Å². The molecule has 1 aliphatic rings. The SMILES string of the molecule is COc1cc([C@H]2CCCC[C@@H]2NC(=O)C(O)c2ccc(Cl)c(Cl)c2)ccc1O. The van der Waals surface area contributed by atoms with Crippen molar-refractivity contribution in [1.29, 1.82) is 0 Å². The molecule has 0 heterocycles. The third-order valence-electron chi connectivity index (χ3n) is 5.23. The minimum atomic E-state index is -1.33. The topological polar surface area (TPSA) is 78.8 Å². The third kappa shape index (κ3) is 4.54. The summed E-state index contributed by atoms with van der Waals surface area (Å²) in [5.41, 5.74) is 1.38. The Bertz CT molecular complexity index is 858. The van der Waals surface area contributed by atoms with Crippen LogP contribution in [0.3, 0.4) is 0 Å². The fraction of sp³-hybridized carbons (Fsp3) is 0.381. The summed E-state index contributed by atoms with van der Waals surface area (Å²) < 4.78 is 5.21. The van der Waals surface area contributed by atoms with Crippen molar-refractivity contribution in [2.24, 2.45) is 0 Å². The second kappa shape index (κ2) is 9.03. The summed E-state index contributed by atoms with van der Waals surface area (Å²) in [4.78, 5) is 12.7. The molecular formula is C21H23Cl2NO4. The van der Waals surface area contributed by atoms with Gasteiger partial charge in [-0.1, -0.05) is 48.2 Å². The van der Waals surface area contributed by atoms with E-state index in [1.165, 1.54) is 13.2 Å². The number of aromatic hydroxyl groups is 1. The lowest BCUT2D eigenvalue weighted by atomic mass is 9.79. The number of aliphatic hydroxyl groups is 1. The molecule has 1 amide bonds. The number of carbonyl (C=O) groups excluding carboxylic acids is 1. The zero-order chi connectivity index (χ0) is 20.3. The highest BCUT2D eigenvalue weighted by atomic mass is 35.5. The summed E-state index contributed by atoms with van der Waals surface area (Å²) in [7, 11) is 1.51. The molecule has 3 rings (SSSR count). The van der Waals surface area contributed by atoms with Gasteiger partial charge in [0.25, 0.3) is 5.91 Å². The van der Waals surface area contributed by atoms with Gasteiger partial charge in [0.05, 0.1) is 17.2 Å². The molecule has 1 unspecified atom stereocenters. The van der Waals surface area contributed by atoms with Gasteiger partial charge in [0, 0.05) is 12.0 Å². The number of amides is 1. The van der Waals surface area contributed by atoms with Gasteiger partial charge in [0.2, 0.25) is 0 Å². The molecule has 1 fully saturated rings. The summed E-state index contributed by atoms with van der Waals surface area (Å²) in [6.45, 7) is 0. The number of methoxy groups -OCH3 is 1. The molecule has 0 aromatic heterocycles. The first kappa shape index (κ1) is 20.8. The highest BCUT2D eigenvalue weighted by Gasteiger charge is 2.30. The first-order chi connectivity index (χ1) is 13.4. The van der Waals surface area contributed by atoms with E-state index in [-0.39, 0.29) is 22.7 Å². The zero-order valence-corrected chi connectivity index (χ0v) is 17.0. The molecule has 3 N–H and O–H groups in total. The lowest BCUT2D eigenvalue weighted by molar-refractivity contribution is -0.130. The van der Waals surface area contributed by atoms with E-state index in [1.807, 2.05) is 6.07 Å². The molecule has 150 valence electrons.